The molecule has 0 aliphatic heterocycles. The average Bonchev–Trinajstić information content (AvgIpc) is 2.45. The van der Waals surface area contributed by atoms with Gasteiger partial charge in [-0.15, -0.1) is 0 Å². The lowest BCUT2D eigenvalue weighted by Gasteiger charge is -2.07. The first-order valence-corrected chi connectivity index (χ1v) is 6.32. The van der Waals surface area contributed by atoms with Crippen LogP contribution < -0.4 is 16.2 Å². The molecule has 1 aromatic carbocycles. The van der Waals surface area contributed by atoms with Crippen molar-refractivity contribution in [2.45, 2.75) is 6.42 Å². The van der Waals surface area contributed by atoms with Crippen LogP contribution in [0.1, 0.15) is 5.82 Å². The van der Waals surface area contributed by atoms with Crippen molar-refractivity contribution in [1.82, 2.24) is 15.0 Å². The smallest absolute Gasteiger partial charge is 0.165 e. The minimum absolute atomic E-state index is 0.427. The molecule has 3 rings (SSSR count). The van der Waals surface area contributed by atoms with Crippen LogP contribution in [0.15, 0.2) is 24.3 Å². The number of aromatic nitrogens is 3. The minimum atomic E-state index is 0.427. The molecular weight excluding hydrogens is 254 g/mol. The third kappa shape index (κ3) is 2.10. The fraction of sp³-hybridized carbons (Fsp3) is 0.214. The largest absolute Gasteiger partial charge is 0.497 e. The van der Waals surface area contributed by atoms with E-state index in [0.717, 1.165) is 22.0 Å². The van der Waals surface area contributed by atoms with Crippen LogP contribution in [0.2, 0.25) is 0 Å². The molecule has 4 N–H and O–H groups in total. The van der Waals surface area contributed by atoms with Gasteiger partial charge in [0.25, 0.3) is 0 Å². The Bertz CT molecular complexity index is 787. The zero-order chi connectivity index (χ0) is 14.1. The van der Waals surface area contributed by atoms with Gasteiger partial charge in [-0.2, -0.15) is 0 Å². The number of hydrogen-bond acceptors (Lipinski definition) is 6. The summed E-state index contributed by atoms with van der Waals surface area (Å²) >= 11 is 0. The summed E-state index contributed by atoms with van der Waals surface area (Å²) in [6, 6.07) is 7.61. The quantitative estimate of drug-likeness (QED) is 0.694. The summed E-state index contributed by atoms with van der Waals surface area (Å²) in [5.74, 6) is 1.83. The Morgan fingerprint density at radius 2 is 2.00 bits per heavy atom. The molecule has 2 heterocycles. The zero-order valence-corrected chi connectivity index (χ0v) is 11.1. The molecule has 0 spiro atoms. The van der Waals surface area contributed by atoms with Crippen molar-refractivity contribution in [2.24, 2.45) is 5.73 Å². The summed E-state index contributed by atoms with van der Waals surface area (Å²) in [6.07, 6.45) is 0.586. The Morgan fingerprint density at radius 1 is 1.15 bits per heavy atom. The molecule has 0 aliphatic carbocycles. The van der Waals surface area contributed by atoms with E-state index in [-0.39, 0.29) is 0 Å². The molecule has 0 fully saturated rings. The van der Waals surface area contributed by atoms with Gasteiger partial charge in [0.2, 0.25) is 0 Å². The first-order valence-electron chi connectivity index (χ1n) is 6.32. The second-order valence-electron chi connectivity index (χ2n) is 4.48. The van der Waals surface area contributed by atoms with E-state index in [1.807, 2.05) is 24.3 Å². The number of anilines is 1. The number of nitrogen functional groups attached to an aromatic ring is 1. The number of pyridine rings is 1. The molecule has 0 saturated carbocycles. The van der Waals surface area contributed by atoms with E-state index in [9.17, 15) is 0 Å². The standard InChI is InChI=1S/C14H15N5O/c1-20-9-2-3-11-8(6-9)7-10-13(16)18-12(4-5-15)19-14(10)17-11/h2-3,6-7H,4-5,15H2,1H3,(H2,16,17,18,19). The summed E-state index contributed by atoms with van der Waals surface area (Å²) in [5, 5.41) is 1.69. The van der Waals surface area contributed by atoms with Crippen molar-refractivity contribution in [3.8, 4) is 5.75 Å². The number of ether oxygens (including phenoxy) is 1. The molecule has 6 heteroatoms. The molecule has 0 radical (unpaired) electrons. The van der Waals surface area contributed by atoms with Crippen molar-refractivity contribution >= 4 is 27.8 Å². The SMILES string of the molecule is COc1ccc2nc3nc(CCN)nc(N)c3cc2c1. The molecule has 102 valence electrons. The van der Waals surface area contributed by atoms with E-state index < -0.39 is 0 Å². The number of nitrogens with zero attached hydrogens (tertiary/aromatic N) is 3. The third-order valence-corrected chi connectivity index (χ3v) is 3.13. The van der Waals surface area contributed by atoms with E-state index in [1.54, 1.807) is 7.11 Å². The van der Waals surface area contributed by atoms with Gasteiger partial charge in [-0.25, -0.2) is 15.0 Å². The molecule has 0 saturated heterocycles. The summed E-state index contributed by atoms with van der Waals surface area (Å²) in [7, 11) is 1.63. The van der Waals surface area contributed by atoms with Gasteiger partial charge in [-0.3, -0.25) is 0 Å². The van der Waals surface area contributed by atoms with Crippen LogP contribution in [0, 0.1) is 0 Å². The van der Waals surface area contributed by atoms with Crippen LogP contribution in [0.4, 0.5) is 5.82 Å². The van der Waals surface area contributed by atoms with Gasteiger partial charge >= 0.3 is 0 Å². The Balaban J connectivity index is 2.26. The highest BCUT2D eigenvalue weighted by atomic mass is 16.5. The van der Waals surface area contributed by atoms with E-state index >= 15 is 0 Å². The third-order valence-electron chi connectivity index (χ3n) is 3.13. The first-order chi connectivity index (χ1) is 9.71. The Hall–Kier alpha value is -2.47. The summed E-state index contributed by atoms with van der Waals surface area (Å²) in [5.41, 5.74) is 12.9. The molecular formula is C14H15N5O. The molecule has 2 aromatic heterocycles. The van der Waals surface area contributed by atoms with Crippen LogP contribution in [0.3, 0.4) is 0 Å². The van der Waals surface area contributed by atoms with Gasteiger partial charge in [0, 0.05) is 11.8 Å². The first kappa shape index (κ1) is 12.6. The number of nitrogens with two attached hydrogens (primary N) is 2. The predicted octanol–water partition coefficient (Wildman–Crippen LogP) is 1.27. The molecule has 0 aliphatic rings. The Morgan fingerprint density at radius 3 is 2.75 bits per heavy atom. The molecule has 0 unspecified atom stereocenters. The monoisotopic (exact) mass is 269 g/mol. The van der Waals surface area contributed by atoms with Gasteiger partial charge in [0.1, 0.15) is 17.4 Å². The molecule has 3 aromatic rings. The number of rotatable bonds is 3. The average molecular weight is 269 g/mol. The number of benzene rings is 1. The van der Waals surface area contributed by atoms with E-state index in [1.165, 1.54) is 0 Å². The van der Waals surface area contributed by atoms with Crippen LogP contribution in [0.25, 0.3) is 21.9 Å². The molecule has 6 nitrogen and oxygen atoms in total. The predicted molar refractivity (Wildman–Crippen MR) is 78.6 cm³/mol. The van der Waals surface area contributed by atoms with Crippen LogP contribution in [-0.4, -0.2) is 28.6 Å². The molecule has 0 bridgehead atoms. The lowest BCUT2D eigenvalue weighted by atomic mass is 10.1. The van der Waals surface area contributed by atoms with Crippen molar-refractivity contribution in [3.05, 3.63) is 30.1 Å². The second-order valence-corrected chi connectivity index (χ2v) is 4.48. The number of fused-ring (bicyclic) bond motifs is 2. The van der Waals surface area contributed by atoms with Crippen molar-refractivity contribution in [2.75, 3.05) is 19.4 Å². The molecule has 0 atom stereocenters. The van der Waals surface area contributed by atoms with Crippen molar-refractivity contribution in [1.29, 1.82) is 0 Å². The van der Waals surface area contributed by atoms with Gasteiger partial charge in [-0.1, -0.05) is 0 Å². The maximum Gasteiger partial charge on any atom is 0.165 e. The molecule has 20 heavy (non-hydrogen) atoms. The maximum atomic E-state index is 5.99. The van der Waals surface area contributed by atoms with Gasteiger partial charge in [0.15, 0.2) is 5.65 Å². The summed E-state index contributed by atoms with van der Waals surface area (Å²) in [6.45, 7) is 0.482. The number of hydrogen-bond donors (Lipinski definition) is 2. The van der Waals surface area contributed by atoms with Crippen molar-refractivity contribution in [3.63, 3.8) is 0 Å². The van der Waals surface area contributed by atoms with Crippen LogP contribution >= 0.6 is 0 Å². The zero-order valence-electron chi connectivity index (χ0n) is 11.1. The highest BCUT2D eigenvalue weighted by Crippen LogP contribution is 2.25. The van der Waals surface area contributed by atoms with Gasteiger partial charge in [-0.05, 0) is 30.8 Å². The fourth-order valence-corrected chi connectivity index (χ4v) is 2.13. The van der Waals surface area contributed by atoms with Gasteiger partial charge in [0.05, 0.1) is 18.0 Å². The van der Waals surface area contributed by atoms with E-state index in [0.29, 0.717) is 30.3 Å². The maximum absolute atomic E-state index is 5.99. The number of methoxy groups -OCH3 is 1. The topological polar surface area (TPSA) is 99.9 Å². The van der Waals surface area contributed by atoms with Crippen molar-refractivity contribution < 1.29 is 4.74 Å². The highest BCUT2D eigenvalue weighted by Gasteiger charge is 2.08. The van der Waals surface area contributed by atoms with Crippen LogP contribution in [-0.2, 0) is 6.42 Å². The Kier molecular flexibility index (Phi) is 3.08. The second kappa shape index (κ2) is 4.90. The fourth-order valence-electron chi connectivity index (χ4n) is 2.13. The van der Waals surface area contributed by atoms with Gasteiger partial charge < -0.3 is 16.2 Å². The highest BCUT2D eigenvalue weighted by molar-refractivity contribution is 5.96. The normalized spacial score (nSPS) is 11.1. The summed E-state index contributed by atoms with van der Waals surface area (Å²) < 4.78 is 5.21. The van der Waals surface area contributed by atoms with E-state index in [2.05, 4.69) is 15.0 Å². The summed E-state index contributed by atoms with van der Waals surface area (Å²) in [4.78, 5) is 13.2. The van der Waals surface area contributed by atoms with E-state index in [4.69, 9.17) is 16.2 Å². The minimum Gasteiger partial charge on any atom is -0.497 e. The van der Waals surface area contributed by atoms with Crippen LogP contribution in [0.5, 0.6) is 5.75 Å². The molecule has 0 amide bonds. The lowest BCUT2D eigenvalue weighted by molar-refractivity contribution is 0.415. The Labute approximate surface area is 115 Å². The lowest BCUT2D eigenvalue weighted by Crippen LogP contribution is -2.08.